The number of rotatable bonds is 8. The molecule has 11 heteroatoms. The fraction of sp³-hybridized carbons (Fsp3) is 0.105. The Balaban J connectivity index is 1.72. The van der Waals surface area contributed by atoms with E-state index >= 15 is 0 Å². The molecule has 1 amide bonds. The standard InChI is InChI=1S/C19H15ClN4O6/c20-15-4-2-1-3-12(15)10-21-16-6-5-13(24(27)28)9-14(16)19(26)29-11-18(25)22-17-7-8-30-23-17/h1-9,21H,10-11H2,(H,22,23,25). The van der Waals surface area contributed by atoms with Crippen molar-refractivity contribution in [3.63, 3.8) is 0 Å². The predicted octanol–water partition coefficient (Wildman–Crippen LogP) is 3.64. The van der Waals surface area contributed by atoms with Crippen LogP contribution >= 0.6 is 11.6 Å². The van der Waals surface area contributed by atoms with E-state index in [4.69, 9.17) is 16.3 Å². The molecular weight excluding hydrogens is 416 g/mol. The molecule has 0 fully saturated rings. The third-order valence-corrected chi connectivity index (χ3v) is 4.27. The van der Waals surface area contributed by atoms with Gasteiger partial charge in [0.05, 0.1) is 10.5 Å². The van der Waals surface area contributed by atoms with Crippen molar-refractivity contribution in [2.45, 2.75) is 6.54 Å². The molecule has 30 heavy (non-hydrogen) atoms. The quantitative estimate of drug-likeness (QED) is 0.314. The van der Waals surface area contributed by atoms with Crippen LogP contribution in [0.25, 0.3) is 0 Å². The van der Waals surface area contributed by atoms with Crippen LogP contribution in [0.1, 0.15) is 15.9 Å². The van der Waals surface area contributed by atoms with Gasteiger partial charge in [-0.05, 0) is 17.7 Å². The number of carbonyl (C=O) groups excluding carboxylic acids is 2. The number of halogens is 1. The average molecular weight is 431 g/mol. The summed E-state index contributed by atoms with van der Waals surface area (Å²) in [5.74, 6) is -1.39. The molecule has 0 aliphatic carbocycles. The molecule has 2 aromatic carbocycles. The van der Waals surface area contributed by atoms with E-state index in [9.17, 15) is 19.7 Å². The van der Waals surface area contributed by atoms with Gasteiger partial charge in [0.2, 0.25) is 0 Å². The molecule has 1 aromatic heterocycles. The normalized spacial score (nSPS) is 10.3. The highest BCUT2D eigenvalue weighted by Crippen LogP contribution is 2.25. The molecule has 0 unspecified atom stereocenters. The molecule has 0 bridgehead atoms. The minimum Gasteiger partial charge on any atom is -0.452 e. The lowest BCUT2D eigenvalue weighted by Gasteiger charge is -2.12. The maximum atomic E-state index is 12.5. The number of aromatic nitrogens is 1. The van der Waals surface area contributed by atoms with Crippen molar-refractivity contribution in [2.75, 3.05) is 17.2 Å². The molecular formula is C19H15ClN4O6. The van der Waals surface area contributed by atoms with Gasteiger partial charge in [0.15, 0.2) is 12.4 Å². The summed E-state index contributed by atoms with van der Waals surface area (Å²) >= 11 is 6.13. The third-order valence-electron chi connectivity index (χ3n) is 3.90. The molecule has 0 saturated carbocycles. The van der Waals surface area contributed by atoms with Crippen LogP contribution in [0.5, 0.6) is 0 Å². The number of anilines is 2. The number of nitro benzene ring substituents is 1. The first-order chi connectivity index (χ1) is 14.4. The minimum atomic E-state index is -0.907. The first kappa shape index (κ1) is 20.8. The van der Waals surface area contributed by atoms with Gasteiger partial charge in [-0.15, -0.1) is 0 Å². The van der Waals surface area contributed by atoms with Crippen molar-refractivity contribution in [3.05, 3.63) is 81.1 Å². The number of hydrogen-bond donors (Lipinski definition) is 2. The van der Waals surface area contributed by atoms with E-state index in [1.54, 1.807) is 24.3 Å². The van der Waals surface area contributed by atoms with Gasteiger partial charge < -0.3 is 19.9 Å². The largest absolute Gasteiger partial charge is 0.452 e. The van der Waals surface area contributed by atoms with Crippen LogP contribution in [0.2, 0.25) is 5.02 Å². The van der Waals surface area contributed by atoms with E-state index in [1.807, 2.05) is 0 Å². The lowest BCUT2D eigenvalue weighted by molar-refractivity contribution is -0.384. The second-order valence-electron chi connectivity index (χ2n) is 5.94. The van der Waals surface area contributed by atoms with Gasteiger partial charge >= 0.3 is 5.97 Å². The predicted molar refractivity (Wildman–Crippen MR) is 107 cm³/mol. The number of benzene rings is 2. The Labute approximate surface area is 174 Å². The fourth-order valence-electron chi connectivity index (χ4n) is 2.47. The Kier molecular flexibility index (Phi) is 6.60. The van der Waals surface area contributed by atoms with Crippen molar-refractivity contribution < 1.29 is 23.8 Å². The number of esters is 1. The molecule has 3 aromatic rings. The van der Waals surface area contributed by atoms with Crippen LogP contribution in [0.4, 0.5) is 17.2 Å². The Morgan fingerprint density at radius 1 is 1.20 bits per heavy atom. The Morgan fingerprint density at radius 2 is 2.00 bits per heavy atom. The summed E-state index contributed by atoms with van der Waals surface area (Å²) < 4.78 is 9.57. The molecule has 0 spiro atoms. The Hall–Kier alpha value is -3.92. The number of amides is 1. The highest BCUT2D eigenvalue weighted by molar-refractivity contribution is 6.31. The summed E-state index contributed by atoms with van der Waals surface area (Å²) in [4.78, 5) is 34.8. The highest BCUT2D eigenvalue weighted by atomic mass is 35.5. The topological polar surface area (TPSA) is 137 Å². The highest BCUT2D eigenvalue weighted by Gasteiger charge is 2.19. The minimum absolute atomic E-state index is 0.0921. The Bertz CT molecular complexity index is 1070. The van der Waals surface area contributed by atoms with E-state index in [1.165, 1.54) is 24.5 Å². The molecule has 0 aliphatic heterocycles. The van der Waals surface area contributed by atoms with Gasteiger partial charge in [-0.1, -0.05) is 35.0 Å². The second-order valence-corrected chi connectivity index (χ2v) is 6.35. The van der Waals surface area contributed by atoms with Crippen molar-refractivity contribution in [1.82, 2.24) is 5.16 Å². The van der Waals surface area contributed by atoms with E-state index in [0.29, 0.717) is 10.7 Å². The molecule has 3 rings (SSSR count). The van der Waals surface area contributed by atoms with Crippen LogP contribution in [0, 0.1) is 10.1 Å². The number of hydrogen-bond acceptors (Lipinski definition) is 8. The maximum Gasteiger partial charge on any atom is 0.341 e. The van der Waals surface area contributed by atoms with Crippen molar-refractivity contribution in [2.24, 2.45) is 0 Å². The van der Waals surface area contributed by atoms with Gasteiger partial charge in [0.1, 0.15) is 6.26 Å². The number of nitro groups is 1. The number of carbonyl (C=O) groups is 2. The van der Waals surface area contributed by atoms with Gasteiger partial charge in [0.25, 0.3) is 11.6 Å². The zero-order chi connectivity index (χ0) is 21.5. The average Bonchev–Trinajstić information content (AvgIpc) is 3.24. The maximum absolute atomic E-state index is 12.5. The number of ether oxygens (including phenoxy) is 1. The van der Waals surface area contributed by atoms with Crippen molar-refractivity contribution in [3.8, 4) is 0 Å². The smallest absolute Gasteiger partial charge is 0.341 e. The van der Waals surface area contributed by atoms with Crippen LogP contribution in [0.3, 0.4) is 0 Å². The summed E-state index contributed by atoms with van der Waals surface area (Å²) in [6.07, 6.45) is 1.27. The van der Waals surface area contributed by atoms with Crippen LogP contribution in [-0.4, -0.2) is 28.6 Å². The monoisotopic (exact) mass is 430 g/mol. The zero-order valence-corrected chi connectivity index (χ0v) is 16.1. The van der Waals surface area contributed by atoms with Crippen LogP contribution in [-0.2, 0) is 16.1 Å². The third kappa shape index (κ3) is 5.32. The van der Waals surface area contributed by atoms with Gasteiger partial charge in [-0.25, -0.2) is 4.79 Å². The fourth-order valence-corrected chi connectivity index (χ4v) is 2.67. The lowest BCUT2D eigenvalue weighted by atomic mass is 10.1. The number of nitrogens with zero attached hydrogens (tertiary/aromatic N) is 2. The van der Waals surface area contributed by atoms with E-state index in [-0.39, 0.29) is 23.6 Å². The van der Waals surface area contributed by atoms with Crippen LogP contribution < -0.4 is 10.6 Å². The Morgan fingerprint density at radius 3 is 2.70 bits per heavy atom. The van der Waals surface area contributed by atoms with Gasteiger partial charge in [0, 0.05) is 35.5 Å². The van der Waals surface area contributed by atoms with Gasteiger partial charge in [-0.2, -0.15) is 0 Å². The van der Waals surface area contributed by atoms with Crippen molar-refractivity contribution >= 4 is 40.7 Å². The molecule has 154 valence electrons. The molecule has 0 atom stereocenters. The van der Waals surface area contributed by atoms with E-state index in [0.717, 1.165) is 11.6 Å². The summed E-state index contributed by atoms with van der Waals surface area (Å²) in [5, 5.41) is 20.5. The van der Waals surface area contributed by atoms with E-state index < -0.39 is 23.4 Å². The first-order valence-electron chi connectivity index (χ1n) is 8.57. The molecule has 0 aliphatic rings. The van der Waals surface area contributed by atoms with E-state index in [2.05, 4.69) is 20.3 Å². The number of nitrogens with one attached hydrogen (secondary N) is 2. The SMILES string of the molecule is O=C(COC(=O)c1cc([N+](=O)[O-])ccc1NCc1ccccc1Cl)Nc1ccon1. The molecule has 0 radical (unpaired) electrons. The molecule has 0 saturated heterocycles. The van der Waals surface area contributed by atoms with Crippen molar-refractivity contribution in [1.29, 1.82) is 0 Å². The summed E-state index contributed by atoms with van der Waals surface area (Å²) in [6.45, 7) is -0.344. The lowest BCUT2D eigenvalue weighted by Crippen LogP contribution is -2.21. The summed E-state index contributed by atoms with van der Waals surface area (Å²) in [7, 11) is 0. The molecule has 1 heterocycles. The molecule has 10 nitrogen and oxygen atoms in total. The first-order valence-corrected chi connectivity index (χ1v) is 8.95. The molecule has 2 N–H and O–H groups in total. The second kappa shape index (κ2) is 9.52. The summed E-state index contributed by atoms with van der Waals surface area (Å²) in [5.41, 5.74) is 0.675. The van der Waals surface area contributed by atoms with Gasteiger partial charge in [-0.3, -0.25) is 14.9 Å². The zero-order valence-electron chi connectivity index (χ0n) is 15.3. The summed E-state index contributed by atoms with van der Waals surface area (Å²) in [6, 6.07) is 12.2. The van der Waals surface area contributed by atoms with Crippen LogP contribution in [0.15, 0.2) is 59.3 Å². The number of non-ortho nitro benzene ring substituents is 1.